The van der Waals surface area contributed by atoms with Crippen molar-refractivity contribution >= 4 is 112 Å². The quantitative estimate of drug-likeness (QED) is 0.0301. The number of ether oxygens (including phenoxy) is 1. The van der Waals surface area contributed by atoms with Crippen LogP contribution in [0, 0.1) is 5.92 Å². The number of pyridine rings is 1. The van der Waals surface area contributed by atoms with Crippen molar-refractivity contribution in [1.29, 1.82) is 0 Å². The number of nitrogens with one attached hydrogen (secondary N) is 12. The Kier molecular flexibility index (Phi) is 31.7. The molecule has 1 saturated heterocycles. The van der Waals surface area contributed by atoms with Crippen LogP contribution in [-0.2, 0) is 54.5 Å². The summed E-state index contributed by atoms with van der Waals surface area (Å²) in [4.78, 5) is 171. The number of carbonyl (C=O) groups excluding carboxylic acids is 12. The molecule has 1 unspecified atom stereocenters. The maximum absolute atomic E-state index is 14.3. The summed E-state index contributed by atoms with van der Waals surface area (Å²) in [6.07, 6.45) is -0.115. The Balaban J connectivity index is 1.15. The fraction of sp³-hybridized carbons (Fsp3) is 0.433. The highest BCUT2D eigenvalue weighted by atomic mass is 32.2. The number of hydrogen-bond acceptors (Lipinski definition) is 22. The maximum atomic E-state index is 14.3. The first kappa shape index (κ1) is 80.5. The molecule has 0 spiro atoms. The molecule has 0 bridgehead atoms. The smallest absolute Gasteiger partial charge is 0.435 e. The van der Waals surface area contributed by atoms with Crippen molar-refractivity contribution < 1.29 is 72.5 Å². The molecule has 5 aromatic rings. The van der Waals surface area contributed by atoms with Crippen LogP contribution < -0.4 is 86.7 Å². The number of hydrogen-bond donors (Lipinski definition) is 18. The van der Waals surface area contributed by atoms with E-state index in [0.29, 0.717) is 43.2 Å². The lowest BCUT2D eigenvalue weighted by Gasteiger charge is -2.28. The van der Waals surface area contributed by atoms with E-state index in [0.717, 1.165) is 4.68 Å². The van der Waals surface area contributed by atoms with Gasteiger partial charge in [0.2, 0.25) is 53.2 Å². The summed E-state index contributed by atoms with van der Waals surface area (Å²) in [7, 11) is 1.54. The van der Waals surface area contributed by atoms with Crippen LogP contribution in [0.3, 0.4) is 0 Å². The second-order valence-corrected chi connectivity index (χ2v) is 25.3. The summed E-state index contributed by atoms with van der Waals surface area (Å²) in [6.45, 7) is 3.77. The molecular formula is C67H91N19O15S. The second-order valence-electron chi connectivity index (χ2n) is 24.2. The number of urea groups is 1. The molecule has 102 heavy (non-hydrogen) atoms. The van der Waals surface area contributed by atoms with Gasteiger partial charge in [0.15, 0.2) is 0 Å². The van der Waals surface area contributed by atoms with Gasteiger partial charge in [0, 0.05) is 40.7 Å². The van der Waals surface area contributed by atoms with Crippen LogP contribution in [0.5, 0.6) is 0 Å². The fourth-order valence-electron chi connectivity index (χ4n) is 10.4. The highest BCUT2D eigenvalue weighted by Crippen LogP contribution is 2.34. The molecule has 0 aliphatic carbocycles. The highest BCUT2D eigenvalue weighted by molar-refractivity contribution is 7.99. The Bertz CT molecular complexity index is 3780. The zero-order valence-corrected chi connectivity index (χ0v) is 57.9. The Morgan fingerprint density at radius 3 is 1.95 bits per heavy atom. The standard InChI is InChI=1S/C67H91N19O15S/c1-36(2)32-51-63(96)80-47(22-27-69)59(92)79-49(24-29-71)62(95)83-55(37(3)87)64(97)74-31-25-50(61(94)78-46(21-26-68)58(91)75-34-54(89)77-51)81-60(93)48(23-28-70)82-65(98)56(38(4)88)84-66(99)76-41-15-13-39(14-16-41)35-101-67(100)86-52-33-42(102-53-12-7-6-11-44(53)57(90)72-5)18-19-43(52)45(85-86)20-17-40-10-8-9-30-73-40/h6-20,30,33,36-38,46-51,55-56,87-88H,21-29,31-32,34-35,68-71H2,1-5H3,(H,72,90)(H,74,97)(H,75,91)(H,77,89)(H,78,94)(H,79,92)(H,80,96)(H,81,93)(H,82,98)(H,83,95)(H2,76,84,99)/b20-17+/t37-,38+,46+,47+,48-,49+,50-,51+,55+,56?/m1/s1. The van der Waals surface area contributed by atoms with Crippen LogP contribution in [0.2, 0.25) is 0 Å². The summed E-state index contributed by atoms with van der Waals surface area (Å²) in [5.41, 5.74) is 26.0. The molecule has 3 heterocycles. The zero-order chi connectivity index (χ0) is 74.6. The number of benzene rings is 3. The van der Waals surface area contributed by atoms with Gasteiger partial charge in [-0.25, -0.2) is 9.59 Å². The molecule has 550 valence electrons. The van der Waals surface area contributed by atoms with Gasteiger partial charge in [-0.1, -0.05) is 55.9 Å². The van der Waals surface area contributed by atoms with Crippen molar-refractivity contribution in [2.24, 2.45) is 28.9 Å². The van der Waals surface area contributed by atoms with Gasteiger partial charge < -0.3 is 102 Å². The molecule has 1 fully saturated rings. The molecule has 1 aliphatic heterocycles. The van der Waals surface area contributed by atoms with E-state index in [1.807, 2.05) is 36.4 Å². The van der Waals surface area contributed by atoms with Gasteiger partial charge in [-0.3, -0.25) is 52.9 Å². The molecule has 1 aliphatic rings. The van der Waals surface area contributed by atoms with Crippen molar-refractivity contribution in [3.8, 4) is 0 Å². The molecule has 2 aromatic heterocycles. The van der Waals surface area contributed by atoms with Gasteiger partial charge in [0.1, 0.15) is 54.9 Å². The van der Waals surface area contributed by atoms with Crippen molar-refractivity contribution in [3.63, 3.8) is 0 Å². The summed E-state index contributed by atoms with van der Waals surface area (Å²) in [5.74, 6) is -9.04. The molecule has 0 saturated carbocycles. The first-order valence-corrected chi connectivity index (χ1v) is 33.9. The van der Waals surface area contributed by atoms with Crippen LogP contribution in [0.4, 0.5) is 15.3 Å². The zero-order valence-electron chi connectivity index (χ0n) is 57.1. The topological polar surface area (TPSA) is 534 Å². The first-order valence-electron chi connectivity index (χ1n) is 33.1. The molecule has 12 amide bonds. The molecule has 0 radical (unpaired) electrons. The van der Waals surface area contributed by atoms with E-state index in [9.17, 15) is 67.7 Å². The number of aromatic nitrogens is 3. The van der Waals surface area contributed by atoms with Crippen LogP contribution >= 0.6 is 11.8 Å². The second kappa shape index (κ2) is 40.1. The van der Waals surface area contributed by atoms with Crippen LogP contribution in [0.25, 0.3) is 23.1 Å². The molecule has 34 nitrogen and oxygen atoms in total. The third-order valence-corrected chi connectivity index (χ3v) is 16.8. The molecule has 10 atom stereocenters. The van der Waals surface area contributed by atoms with Gasteiger partial charge in [0.05, 0.1) is 41.2 Å². The van der Waals surface area contributed by atoms with E-state index < -0.39 is 145 Å². The van der Waals surface area contributed by atoms with Crippen molar-refractivity contribution in [2.45, 2.75) is 143 Å². The van der Waals surface area contributed by atoms with Gasteiger partial charge in [0.25, 0.3) is 5.91 Å². The first-order chi connectivity index (χ1) is 48.8. The lowest BCUT2D eigenvalue weighted by molar-refractivity contribution is -0.135. The number of rotatable bonds is 25. The average Bonchev–Trinajstić information content (AvgIpc) is 1.63. The normalized spacial score (nSPS) is 19.6. The van der Waals surface area contributed by atoms with Crippen molar-refractivity contribution in [3.05, 3.63) is 114 Å². The molecular weight excluding hydrogens is 1340 g/mol. The Hall–Kier alpha value is -10.4. The number of aliphatic hydroxyl groups is 2. The predicted molar refractivity (Wildman–Crippen MR) is 376 cm³/mol. The van der Waals surface area contributed by atoms with Crippen LogP contribution in [0.15, 0.2) is 101 Å². The van der Waals surface area contributed by atoms with Gasteiger partial charge in [-0.15, -0.1) is 0 Å². The lowest BCUT2D eigenvalue weighted by atomic mass is 10.0. The Labute approximate surface area is 592 Å². The number of amides is 12. The van der Waals surface area contributed by atoms with E-state index in [1.165, 1.54) is 37.7 Å². The summed E-state index contributed by atoms with van der Waals surface area (Å²) in [5, 5.41) is 56.7. The molecule has 22 N–H and O–H groups in total. The molecule has 6 rings (SSSR count). The lowest BCUT2D eigenvalue weighted by Crippen LogP contribution is -2.61. The van der Waals surface area contributed by atoms with Crippen LogP contribution in [-0.4, -0.2) is 203 Å². The van der Waals surface area contributed by atoms with Crippen LogP contribution in [0.1, 0.15) is 93.5 Å². The number of nitrogens with zero attached hydrogens (tertiary/aromatic N) is 3. The number of carbonyl (C=O) groups is 12. The van der Waals surface area contributed by atoms with E-state index >= 15 is 0 Å². The Morgan fingerprint density at radius 2 is 1.33 bits per heavy atom. The SMILES string of the molecule is CNC(=O)c1ccccc1Sc1ccc2c(/C=C/c3ccccn3)nn(C(=O)OCc3ccc(NC(=O)NC(C(=O)N[C@H](CCN)C(=O)N[C@@H]4CCNC(=O)[C@H]([C@@H](C)O)NC(=O)[C@H](CCN)NC(=O)[C@H](CCN)NC(=O)[C@H](CC(C)C)NC(=O)CNC(=O)[C@H](CCN)NC4=O)[C@H](C)O)cc3)c2c1. The van der Waals surface area contributed by atoms with Gasteiger partial charge in [-0.2, -0.15) is 9.78 Å². The maximum Gasteiger partial charge on any atom is 0.435 e. The van der Waals surface area contributed by atoms with Gasteiger partial charge in [-0.05, 0) is 157 Å². The third kappa shape index (κ3) is 24.2. The largest absolute Gasteiger partial charge is 0.443 e. The fourth-order valence-corrected chi connectivity index (χ4v) is 11.4. The monoisotopic (exact) mass is 1430 g/mol. The van der Waals surface area contributed by atoms with E-state index in [-0.39, 0.29) is 82.4 Å². The van der Waals surface area contributed by atoms with Gasteiger partial charge >= 0.3 is 12.1 Å². The third-order valence-electron chi connectivity index (χ3n) is 15.7. The minimum atomic E-state index is -1.73. The summed E-state index contributed by atoms with van der Waals surface area (Å²) < 4.78 is 6.87. The minimum Gasteiger partial charge on any atom is -0.443 e. The molecule has 3 aromatic carbocycles. The van der Waals surface area contributed by atoms with E-state index in [2.05, 4.69) is 73.9 Å². The summed E-state index contributed by atoms with van der Waals surface area (Å²) in [6, 6.07) is 10.9. The summed E-state index contributed by atoms with van der Waals surface area (Å²) >= 11 is 1.32. The average molecular weight is 1430 g/mol. The number of nitrogens with two attached hydrogens (primary N) is 4. The van der Waals surface area contributed by atoms with E-state index in [4.69, 9.17) is 27.7 Å². The van der Waals surface area contributed by atoms with Crippen molar-refractivity contribution in [1.82, 2.24) is 73.2 Å². The number of anilines is 1. The number of aliphatic hydroxyl groups excluding tert-OH is 2. The predicted octanol–water partition coefficient (Wildman–Crippen LogP) is -1.98. The molecule has 35 heteroatoms. The Morgan fingerprint density at radius 1 is 0.696 bits per heavy atom. The highest BCUT2D eigenvalue weighted by Gasteiger charge is 2.36. The van der Waals surface area contributed by atoms with Crippen molar-refractivity contribution in [2.75, 3.05) is 51.6 Å². The minimum absolute atomic E-state index is 0.0593. The van der Waals surface area contributed by atoms with E-state index in [1.54, 1.807) is 75.6 Å². The number of fused-ring (bicyclic) bond motifs is 1.